The van der Waals surface area contributed by atoms with Crippen molar-refractivity contribution in [1.82, 2.24) is 5.32 Å². The van der Waals surface area contributed by atoms with Crippen molar-refractivity contribution in [3.05, 3.63) is 42.0 Å². The number of amides is 1. The Morgan fingerprint density at radius 3 is 2.53 bits per heavy atom. The van der Waals surface area contributed by atoms with Crippen LogP contribution in [0.15, 0.2) is 36.4 Å². The van der Waals surface area contributed by atoms with Crippen LogP contribution in [0, 0.1) is 0 Å². The fourth-order valence-corrected chi connectivity index (χ4v) is 0.958. The molecule has 0 bridgehead atoms. The highest BCUT2D eigenvalue weighted by molar-refractivity contribution is 5.93. The quantitative estimate of drug-likeness (QED) is 0.718. The van der Waals surface area contributed by atoms with E-state index in [1.165, 1.54) is 6.08 Å². The van der Waals surface area contributed by atoms with Gasteiger partial charge in [0.1, 0.15) is 6.54 Å². The first-order valence-corrected chi connectivity index (χ1v) is 4.41. The number of carboxylic acid groups (broad SMARTS) is 1. The van der Waals surface area contributed by atoms with Crippen LogP contribution in [0.4, 0.5) is 0 Å². The summed E-state index contributed by atoms with van der Waals surface area (Å²) in [7, 11) is 0. The molecule has 2 N–H and O–H groups in total. The highest BCUT2D eigenvalue weighted by atomic mass is 16.4. The maximum absolute atomic E-state index is 11.1. The minimum Gasteiger partial charge on any atom is -0.480 e. The summed E-state index contributed by atoms with van der Waals surface area (Å²) >= 11 is 0. The summed E-state index contributed by atoms with van der Waals surface area (Å²) in [5.41, 5.74) is 0.892. The van der Waals surface area contributed by atoms with Crippen LogP contribution in [0.2, 0.25) is 0 Å². The van der Waals surface area contributed by atoms with Crippen molar-refractivity contribution in [2.75, 3.05) is 6.54 Å². The van der Waals surface area contributed by atoms with Crippen LogP contribution in [0.1, 0.15) is 5.56 Å². The summed E-state index contributed by atoms with van der Waals surface area (Å²) in [6.07, 6.45) is 2.93. The van der Waals surface area contributed by atoms with E-state index in [1.807, 2.05) is 30.3 Å². The predicted octanol–water partition coefficient (Wildman–Crippen LogP) is 0.901. The van der Waals surface area contributed by atoms with Crippen molar-refractivity contribution in [2.45, 2.75) is 0 Å². The first-order chi connectivity index (χ1) is 7.18. The normalized spacial score (nSPS) is 10.1. The van der Waals surface area contributed by atoms with E-state index in [2.05, 4.69) is 5.32 Å². The van der Waals surface area contributed by atoms with E-state index in [1.54, 1.807) is 6.08 Å². The minimum absolute atomic E-state index is 0.363. The molecule has 0 heterocycles. The Morgan fingerprint density at radius 2 is 1.93 bits per heavy atom. The third-order valence-corrected chi connectivity index (χ3v) is 1.64. The highest BCUT2D eigenvalue weighted by Gasteiger charge is 1.98. The van der Waals surface area contributed by atoms with E-state index in [4.69, 9.17) is 5.11 Å². The van der Waals surface area contributed by atoms with Gasteiger partial charge in [-0.3, -0.25) is 9.59 Å². The molecule has 0 aliphatic carbocycles. The molecule has 4 heteroatoms. The smallest absolute Gasteiger partial charge is 0.322 e. The van der Waals surface area contributed by atoms with Crippen LogP contribution in [0.5, 0.6) is 0 Å². The van der Waals surface area contributed by atoms with E-state index >= 15 is 0 Å². The van der Waals surface area contributed by atoms with Crippen LogP contribution >= 0.6 is 0 Å². The van der Waals surface area contributed by atoms with Gasteiger partial charge in [0, 0.05) is 6.08 Å². The van der Waals surface area contributed by atoms with Gasteiger partial charge < -0.3 is 10.4 Å². The number of carbonyl (C=O) groups is 2. The Kier molecular flexibility index (Phi) is 4.09. The van der Waals surface area contributed by atoms with Gasteiger partial charge >= 0.3 is 5.97 Å². The van der Waals surface area contributed by atoms with E-state index in [0.29, 0.717) is 0 Å². The Hall–Kier alpha value is -2.10. The molecule has 0 aromatic heterocycles. The Bertz CT molecular complexity index is 371. The van der Waals surface area contributed by atoms with Gasteiger partial charge in [-0.05, 0) is 11.6 Å². The predicted molar refractivity (Wildman–Crippen MR) is 56.1 cm³/mol. The van der Waals surface area contributed by atoms with Crippen molar-refractivity contribution < 1.29 is 14.7 Å². The summed E-state index contributed by atoms with van der Waals surface area (Å²) in [6, 6.07) is 9.29. The largest absolute Gasteiger partial charge is 0.480 e. The average molecular weight is 205 g/mol. The zero-order valence-corrected chi connectivity index (χ0v) is 8.01. The molecule has 1 amide bonds. The fourth-order valence-electron chi connectivity index (χ4n) is 0.958. The van der Waals surface area contributed by atoms with Crippen LogP contribution in [0.3, 0.4) is 0 Å². The Labute approximate surface area is 87.2 Å². The molecule has 78 valence electrons. The summed E-state index contributed by atoms with van der Waals surface area (Å²) < 4.78 is 0. The van der Waals surface area contributed by atoms with Crippen LogP contribution < -0.4 is 5.32 Å². The third kappa shape index (κ3) is 4.61. The maximum atomic E-state index is 11.1. The average Bonchev–Trinajstić information content (AvgIpc) is 2.25. The molecule has 1 aromatic rings. The zero-order valence-electron chi connectivity index (χ0n) is 8.01. The summed E-state index contributed by atoms with van der Waals surface area (Å²) in [5, 5.41) is 10.5. The molecule has 0 saturated heterocycles. The molecule has 0 atom stereocenters. The number of benzene rings is 1. The van der Waals surface area contributed by atoms with Gasteiger partial charge in [-0.15, -0.1) is 0 Å². The van der Waals surface area contributed by atoms with Gasteiger partial charge in [0.2, 0.25) is 5.91 Å². The number of carboxylic acids is 1. The molecular weight excluding hydrogens is 194 g/mol. The summed E-state index contributed by atoms with van der Waals surface area (Å²) in [6.45, 7) is -0.363. The number of aliphatic carboxylic acids is 1. The SMILES string of the molecule is O=C(O)CNC(=O)C=Cc1ccccc1. The number of rotatable bonds is 4. The summed E-state index contributed by atoms with van der Waals surface area (Å²) in [5.74, 6) is -1.47. The summed E-state index contributed by atoms with van der Waals surface area (Å²) in [4.78, 5) is 21.2. The van der Waals surface area contributed by atoms with Crippen molar-refractivity contribution in [1.29, 1.82) is 0 Å². The van der Waals surface area contributed by atoms with Gasteiger partial charge in [0.15, 0.2) is 0 Å². The van der Waals surface area contributed by atoms with Crippen molar-refractivity contribution in [3.8, 4) is 0 Å². The maximum Gasteiger partial charge on any atom is 0.322 e. The van der Waals surface area contributed by atoms with Crippen LogP contribution in [-0.4, -0.2) is 23.5 Å². The van der Waals surface area contributed by atoms with Gasteiger partial charge in [-0.25, -0.2) is 0 Å². The molecule has 1 aromatic carbocycles. The molecule has 0 spiro atoms. The monoisotopic (exact) mass is 205 g/mol. The van der Waals surface area contributed by atoms with Crippen molar-refractivity contribution >= 4 is 18.0 Å². The van der Waals surface area contributed by atoms with Gasteiger partial charge in [0.25, 0.3) is 0 Å². The van der Waals surface area contributed by atoms with E-state index in [0.717, 1.165) is 5.56 Å². The van der Waals surface area contributed by atoms with E-state index in [9.17, 15) is 9.59 Å². The zero-order chi connectivity index (χ0) is 11.1. The number of nitrogens with one attached hydrogen (secondary N) is 1. The lowest BCUT2D eigenvalue weighted by molar-refractivity contribution is -0.137. The fraction of sp³-hybridized carbons (Fsp3) is 0.0909. The Balaban J connectivity index is 2.44. The van der Waals surface area contributed by atoms with Crippen molar-refractivity contribution in [2.24, 2.45) is 0 Å². The lowest BCUT2D eigenvalue weighted by atomic mass is 10.2. The number of hydrogen-bond acceptors (Lipinski definition) is 2. The first-order valence-electron chi connectivity index (χ1n) is 4.41. The molecule has 15 heavy (non-hydrogen) atoms. The molecule has 0 saturated carbocycles. The second-order valence-corrected chi connectivity index (χ2v) is 2.86. The lowest BCUT2D eigenvalue weighted by Crippen LogP contribution is -2.27. The second kappa shape index (κ2) is 5.59. The highest BCUT2D eigenvalue weighted by Crippen LogP contribution is 2.00. The molecule has 4 nitrogen and oxygen atoms in total. The van der Waals surface area contributed by atoms with Gasteiger partial charge in [-0.1, -0.05) is 30.3 Å². The molecule has 0 aliphatic heterocycles. The van der Waals surface area contributed by atoms with Crippen LogP contribution in [-0.2, 0) is 9.59 Å². The molecule has 0 unspecified atom stereocenters. The molecule has 1 rings (SSSR count). The second-order valence-electron chi connectivity index (χ2n) is 2.86. The minimum atomic E-state index is -1.06. The van der Waals surface area contributed by atoms with E-state index < -0.39 is 11.9 Å². The Morgan fingerprint density at radius 1 is 1.27 bits per heavy atom. The third-order valence-electron chi connectivity index (χ3n) is 1.64. The molecule has 0 fully saturated rings. The number of carbonyl (C=O) groups excluding carboxylic acids is 1. The number of hydrogen-bond donors (Lipinski definition) is 2. The topological polar surface area (TPSA) is 66.4 Å². The molecule has 0 radical (unpaired) electrons. The lowest BCUT2D eigenvalue weighted by Gasteiger charge is -1.96. The van der Waals surface area contributed by atoms with Gasteiger partial charge in [0.05, 0.1) is 0 Å². The molecular formula is C11H11NO3. The van der Waals surface area contributed by atoms with Crippen LogP contribution in [0.25, 0.3) is 6.08 Å². The van der Waals surface area contributed by atoms with Gasteiger partial charge in [-0.2, -0.15) is 0 Å². The first kappa shape index (κ1) is 11.0. The van der Waals surface area contributed by atoms with Crippen molar-refractivity contribution in [3.63, 3.8) is 0 Å². The standard InChI is InChI=1S/C11H11NO3/c13-10(12-8-11(14)15)7-6-9-4-2-1-3-5-9/h1-7H,8H2,(H,12,13)(H,14,15). The molecule has 0 aliphatic rings. The van der Waals surface area contributed by atoms with E-state index in [-0.39, 0.29) is 6.54 Å².